The van der Waals surface area contributed by atoms with Crippen molar-refractivity contribution in [1.29, 1.82) is 0 Å². The van der Waals surface area contributed by atoms with Crippen LogP contribution in [-0.2, 0) is 9.53 Å². The van der Waals surface area contributed by atoms with Crippen LogP contribution in [0.1, 0.15) is 27.7 Å². The Kier molecular flexibility index (Phi) is 3.78. The number of carbonyl (C=O) groups is 1. The fourth-order valence-corrected chi connectivity index (χ4v) is 4.88. The van der Waals surface area contributed by atoms with Crippen molar-refractivity contribution in [2.45, 2.75) is 55.2 Å². The molecule has 2 aliphatic rings. The van der Waals surface area contributed by atoms with E-state index in [9.17, 15) is 9.90 Å². The van der Waals surface area contributed by atoms with Crippen molar-refractivity contribution in [2.75, 3.05) is 6.61 Å². The van der Waals surface area contributed by atoms with Gasteiger partial charge in [0.15, 0.2) is 0 Å². The van der Waals surface area contributed by atoms with Crippen LogP contribution in [-0.4, -0.2) is 45.1 Å². The number of hydrogen-bond acceptors (Lipinski definition) is 4. The average molecular weight is 321 g/mol. The molecule has 0 spiro atoms. The minimum atomic E-state index is -0.640. The lowest BCUT2D eigenvalue weighted by molar-refractivity contribution is -0.248. The lowest BCUT2D eigenvalue weighted by atomic mass is 9.73. The number of fused-ring (bicyclic) bond motifs is 1. The van der Waals surface area contributed by atoms with E-state index < -0.39 is 11.8 Å². The second kappa shape index (κ2) is 5.25. The standard InChI is InChI=1S/C17H23NO3S/c1-11(19)13-14-17(4,22-12-8-6-5-7-9-12)10-21-16(2,3)18(14)15(13)20/h5-9,11,13-14,19H,10H2,1-4H3/t11-,13-,14+,17?/m1/s1. The van der Waals surface area contributed by atoms with E-state index in [1.165, 1.54) is 0 Å². The highest BCUT2D eigenvalue weighted by Crippen LogP contribution is 2.52. The fraction of sp³-hybridized carbons (Fsp3) is 0.588. The van der Waals surface area contributed by atoms with Gasteiger partial charge in [-0.1, -0.05) is 18.2 Å². The highest BCUT2D eigenvalue weighted by atomic mass is 32.2. The molecule has 1 aromatic rings. The Morgan fingerprint density at radius 2 is 1.95 bits per heavy atom. The van der Waals surface area contributed by atoms with Crippen LogP contribution in [0.3, 0.4) is 0 Å². The first-order valence-corrected chi connectivity index (χ1v) is 8.47. The van der Waals surface area contributed by atoms with Crippen molar-refractivity contribution in [1.82, 2.24) is 4.90 Å². The average Bonchev–Trinajstić information content (AvgIpc) is 2.42. The monoisotopic (exact) mass is 321 g/mol. The molecule has 3 rings (SSSR count). The molecule has 22 heavy (non-hydrogen) atoms. The minimum absolute atomic E-state index is 0.00964. The lowest BCUT2D eigenvalue weighted by Crippen LogP contribution is -2.80. The number of benzene rings is 1. The summed E-state index contributed by atoms with van der Waals surface area (Å²) in [7, 11) is 0. The highest BCUT2D eigenvalue weighted by Gasteiger charge is 2.65. The molecule has 2 fully saturated rings. The summed E-state index contributed by atoms with van der Waals surface area (Å²) < 4.78 is 5.72. The van der Waals surface area contributed by atoms with E-state index in [-0.39, 0.29) is 22.6 Å². The van der Waals surface area contributed by atoms with E-state index in [4.69, 9.17) is 4.74 Å². The van der Waals surface area contributed by atoms with Gasteiger partial charge in [-0.3, -0.25) is 4.79 Å². The third-order valence-corrected chi connectivity index (χ3v) is 6.01. The van der Waals surface area contributed by atoms with Crippen LogP contribution in [0.4, 0.5) is 0 Å². The summed E-state index contributed by atoms with van der Waals surface area (Å²) in [4.78, 5) is 15.4. The van der Waals surface area contributed by atoms with Gasteiger partial charge < -0.3 is 14.7 Å². The van der Waals surface area contributed by atoms with Gasteiger partial charge in [0.25, 0.3) is 0 Å². The van der Waals surface area contributed by atoms with Crippen molar-refractivity contribution in [2.24, 2.45) is 5.92 Å². The Labute approximate surface area is 135 Å². The number of aliphatic hydroxyl groups is 1. The van der Waals surface area contributed by atoms with E-state index in [1.54, 1.807) is 18.7 Å². The molecule has 1 unspecified atom stereocenters. The topological polar surface area (TPSA) is 49.8 Å². The number of thioether (sulfide) groups is 1. The number of β-lactam (4-membered cyclic amide) rings is 1. The first kappa shape index (κ1) is 15.8. The van der Waals surface area contributed by atoms with Crippen LogP contribution in [0.2, 0.25) is 0 Å². The predicted octanol–water partition coefficient (Wildman–Crippen LogP) is 2.51. The number of rotatable bonds is 3. The molecule has 0 aromatic heterocycles. The van der Waals surface area contributed by atoms with E-state index >= 15 is 0 Å². The molecule has 1 aromatic carbocycles. The van der Waals surface area contributed by atoms with Crippen molar-refractivity contribution in [3.63, 3.8) is 0 Å². The molecular weight excluding hydrogens is 298 g/mol. The number of aliphatic hydroxyl groups excluding tert-OH is 1. The molecule has 2 aliphatic heterocycles. The SMILES string of the molecule is C[C@@H](O)[C@H]1C(=O)N2[C@@H]1C(C)(Sc1ccccc1)COC2(C)C. The molecule has 1 amide bonds. The molecule has 5 heteroatoms. The maximum atomic E-state index is 12.5. The number of hydrogen-bond donors (Lipinski definition) is 1. The molecule has 2 saturated heterocycles. The third-order valence-electron chi connectivity index (χ3n) is 4.67. The molecule has 0 radical (unpaired) electrons. The zero-order valence-corrected chi connectivity index (χ0v) is 14.3. The number of ether oxygens (including phenoxy) is 1. The van der Waals surface area contributed by atoms with Gasteiger partial charge in [0, 0.05) is 4.90 Å². The van der Waals surface area contributed by atoms with Crippen LogP contribution in [0.5, 0.6) is 0 Å². The number of carbonyl (C=O) groups excluding carboxylic acids is 1. The largest absolute Gasteiger partial charge is 0.393 e. The van der Waals surface area contributed by atoms with Gasteiger partial charge in [0.2, 0.25) is 5.91 Å². The molecule has 1 N–H and O–H groups in total. The van der Waals surface area contributed by atoms with E-state index in [1.807, 2.05) is 36.9 Å². The smallest absolute Gasteiger partial charge is 0.232 e. The minimum Gasteiger partial charge on any atom is -0.393 e. The highest BCUT2D eigenvalue weighted by molar-refractivity contribution is 8.00. The van der Waals surface area contributed by atoms with E-state index in [0.29, 0.717) is 6.61 Å². The molecule has 4 nitrogen and oxygen atoms in total. The van der Waals surface area contributed by atoms with Crippen LogP contribution < -0.4 is 0 Å². The van der Waals surface area contributed by atoms with E-state index in [0.717, 1.165) is 4.90 Å². The maximum absolute atomic E-state index is 12.5. The molecule has 0 saturated carbocycles. The van der Waals surface area contributed by atoms with Gasteiger partial charge in [-0.25, -0.2) is 0 Å². The Bertz CT molecular complexity index is 575. The first-order valence-electron chi connectivity index (χ1n) is 7.65. The van der Waals surface area contributed by atoms with Gasteiger partial charge >= 0.3 is 0 Å². The molecule has 120 valence electrons. The fourth-order valence-electron chi connectivity index (χ4n) is 3.56. The molecule has 0 aliphatic carbocycles. The molecule has 4 atom stereocenters. The van der Waals surface area contributed by atoms with Gasteiger partial charge in [-0.15, -0.1) is 11.8 Å². The third kappa shape index (κ3) is 2.36. The Hall–Kier alpha value is -1.04. The van der Waals surface area contributed by atoms with Gasteiger partial charge in [-0.2, -0.15) is 0 Å². The molecule has 2 heterocycles. The normalized spacial score (nSPS) is 34.8. The van der Waals surface area contributed by atoms with Crippen LogP contribution in [0.15, 0.2) is 35.2 Å². The van der Waals surface area contributed by atoms with Crippen LogP contribution in [0, 0.1) is 5.92 Å². The summed E-state index contributed by atoms with van der Waals surface area (Å²) in [6, 6.07) is 10.1. The van der Waals surface area contributed by atoms with Crippen molar-refractivity contribution in [3.05, 3.63) is 30.3 Å². The van der Waals surface area contributed by atoms with Crippen LogP contribution in [0.25, 0.3) is 0 Å². The van der Waals surface area contributed by atoms with Gasteiger partial charge in [0.1, 0.15) is 5.72 Å². The molecular formula is C17H23NO3S. The summed E-state index contributed by atoms with van der Waals surface area (Å²) >= 11 is 1.72. The molecule has 0 bridgehead atoms. The maximum Gasteiger partial charge on any atom is 0.232 e. The quantitative estimate of drug-likeness (QED) is 0.869. The number of nitrogens with zero attached hydrogens (tertiary/aromatic N) is 1. The lowest BCUT2D eigenvalue weighted by Gasteiger charge is -2.64. The van der Waals surface area contributed by atoms with Crippen molar-refractivity contribution >= 4 is 17.7 Å². The Balaban J connectivity index is 1.92. The second-order valence-electron chi connectivity index (χ2n) is 6.88. The summed E-state index contributed by atoms with van der Waals surface area (Å²) in [6.45, 7) is 8.22. The van der Waals surface area contributed by atoms with Gasteiger partial charge in [-0.05, 0) is 39.8 Å². The Morgan fingerprint density at radius 3 is 2.55 bits per heavy atom. The summed E-state index contributed by atoms with van der Waals surface area (Å²) in [5, 5.41) is 10.1. The number of amides is 1. The van der Waals surface area contributed by atoms with Crippen molar-refractivity contribution in [3.8, 4) is 0 Å². The first-order chi connectivity index (χ1) is 10.3. The summed E-state index contributed by atoms with van der Waals surface area (Å²) in [5.41, 5.74) is -0.607. The second-order valence-corrected chi connectivity index (χ2v) is 8.49. The van der Waals surface area contributed by atoms with E-state index in [2.05, 4.69) is 19.1 Å². The zero-order chi connectivity index (χ0) is 16.1. The van der Waals surface area contributed by atoms with Gasteiger partial charge in [0.05, 0.1) is 29.4 Å². The van der Waals surface area contributed by atoms with Crippen LogP contribution >= 0.6 is 11.8 Å². The Morgan fingerprint density at radius 1 is 1.32 bits per heavy atom. The van der Waals surface area contributed by atoms with Crippen molar-refractivity contribution < 1.29 is 14.6 Å². The zero-order valence-electron chi connectivity index (χ0n) is 13.4. The summed E-state index contributed by atoms with van der Waals surface area (Å²) in [6.07, 6.45) is -0.640. The summed E-state index contributed by atoms with van der Waals surface area (Å²) in [5.74, 6) is -0.353. The predicted molar refractivity (Wildman–Crippen MR) is 86.5 cm³/mol.